The van der Waals surface area contributed by atoms with E-state index in [4.69, 9.17) is 0 Å². The first-order valence-electron chi connectivity index (χ1n) is 8.96. The van der Waals surface area contributed by atoms with E-state index >= 15 is 0 Å². The van der Waals surface area contributed by atoms with E-state index in [0.29, 0.717) is 0 Å². The second-order valence-corrected chi connectivity index (χ2v) is 6.67. The van der Waals surface area contributed by atoms with Gasteiger partial charge in [0.05, 0.1) is 0 Å². The van der Waals surface area contributed by atoms with Gasteiger partial charge in [0.25, 0.3) is 0 Å². The standard InChI is InChI=1S/C26H18/c1-3-10-24-20(6-1)8-5-9-21(24)14-12-19-13-17-26-23(18-19)16-15-22-7-2-4-11-25(22)26/h1-18H/b14-12+. The molecule has 0 aliphatic heterocycles. The molecule has 5 rings (SSSR count). The lowest BCUT2D eigenvalue weighted by atomic mass is 9.99. The van der Waals surface area contributed by atoms with Crippen LogP contribution in [0.5, 0.6) is 0 Å². The topological polar surface area (TPSA) is 0 Å². The Morgan fingerprint density at radius 1 is 0.423 bits per heavy atom. The van der Waals surface area contributed by atoms with Crippen LogP contribution in [0.1, 0.15) is 11.1 Å². The second-order valence-electron chi connectivity index (χ2n) is 6.67. The second kappa shape index (κ2) is 6.16. The fourth-order valence-corrected chi connectivity index (χ4v) is 3.72. The Bertz CT molecular complexity index is 1270. The highest BCUT2D eigenvalue weighted by Gasteiger charge is 2.01. The Morgan fingerprint density at radius 3 is 1.96 bits per heavy atom. The van der Waals surface area contributed by atoms with E-state index in [0.717, 1.165) is 0 Å². The molecule has 5 aromatic carbocycles. The van der Waals surface area contributed by atoms with Crippen molar-refractivity contribution in [3.8, 4) is 0 Å². The van der Waals surface area contributed by atoms with Crippen molar-refractivity contribution in [2.45, 2.75) is 0 Å². The van der Waals surface area contributed by atoms with Gasteiger partial charge in [0.1, 0.15) is 0 Å². The molecule has 0 saturated heterocycles. The molecule has 0 nitrogen and oxygen atoms in total. The first-order chi connectivity index (χ1) is 12.9. The van der Waals surface area contributed by atoms with Crippen LogP contribution in [0.2, 0.25) is 0 Å². The lowest BCUT2D eigenvalue weighted by Gasteiger charge is -2.05. The molecule has 0 bridgehead atoms. The highest BCUT2D eigenvalue weighted by Crippen LogP contribution is 2.27. The molecule has 0 saturated carbocycles. The van der Waals surface area contributed by atoms with Gasteiger partial charge < -0.3 is 0 Å². The molecule has 5 aromatic rings. The number of hydrogen-bond donors (Lipinski definition) is 0. The largest absolute Gasteiger partial charge is 0.0616 e. The van der Waals surface area contributed by atoms with Crippen LogP contribution in [-0.4, -0.2) is 0 Å². The predicted octanol–water partition coefficient (Wildman–Crippen LogP) is 7.32. The molecule has 0 atom stereocenters. The van der Waals surface area contributed by atoms with Gasteiger partial charge in [-0.3, -0.25) is 0 Å². The Morgan fingerprint density at radius 2 is 1.08 bits per heavy atom. The van der Waals surface area contributed by atoms with E-state index in [-0.39, 0.29) is 0 Å². The van der Waals surface area contributed by atoms with Gasteiger partial charge in [-0.2, -0.15) is 0 Å². The zero-order valence-electron chi connectivity index (χ0n) is 14.4. The summed E-state index contributed by atoms with van der Waals surface area (Å²) in [5, 5.41) is 7.76. The molecular formula is C26H18. The van der Waals surface area contributed by atoms with Crippen molar-refractivity contribution >= 4 is 44.5 Å². The van der Waals surface area contributed by atoms with Gasteiger partial charge in [0.15, 0.2) is 0 Å². The van der Waals surface area contributed by atoms with Crippen LogP contribution < -0.4 is 0 Å². The smallest absolute Gasteiger partial charge is 0.0105 e. The summed E-state index contributed by atoms with van der Waals surface area (Å²) < 4.78 is 0. The average Bonchev–Trinajstić information content (AvgIpc) is 2.72. The molecule has 0 fully saturated rings. The Hall–Kier alpha value is -3.38. The van der Waals surface area contributed by atoms with Crippen LogP contribution in [0, 0.1) is 0 Å². The van der Waals surface area contributed by atoms with E-state index in [1.165, 1.54) is 43.4 Å². The van der Waals surface area contributed by atoms with Crippen LogP contribution in [0.15, 0.2) is 97.1 Å². The number of benzene rings is 5. The van der Waals surface area contributed by atoms with Gasteiger partial charge >= 0.3 is 0 Å². The minimum Gasteiger partial charge on any atom is -0.0616 e. The van der Waals surface area contributed by atoms with Gasteiger partial charge in [-0.1, -0.05) is 103 Å². The molecular weight excluding hydrogens is 312 g/mol. The number of rotatable bonds is 2. The summed E-state index contributed by atoms with van der Waals surface area (Å²) in [5.74, 6) is 0. The third-order valence-electron chi connectivity index (χ3n) is 5.05. The monoisotopic (exact) mass is 330 g/mol. The molecule has 0 unspecified atom stereocenters. The van der Waals surface area contributed by atoms with E-state index in [9.17, 15) is 0 Å². The average molecular weight is 330 g/mol. The molecule has 0 radical (unpaired) electrons. The molecule has 0 amide bonds. The third-order valence-corrected chi connectivity index (χ3v) is 5.05. The fourth-order valence-electron chi connectivity index (χ4n) is 3.72. The van der Waals surface area contributed by atoms with Crippen LogP contribution in [0.3, 0.4) is 0 Å². The van der Waals surface area contributed by atoms with Crippen molar-refractivity contribution in [3.05, 3.63) is 108 Å². The first-order valence-corrected chi connectivity index (χ1v) is 8.96. The van der Waals surface area contributed by atoms with E-state index < -0.39 is 0 Å². The van der Waals surface area contributed by atoms with Crippen molar-refractivity contribution in [2.24, 2.45) is 0 Å². The molecule has 0 N–H and O–H groups in total. The summed E-state index contributed by atoms with van der Waals surface area (Å²) in [6.45, 7) is 0. The predicted molar refractivity (Wildman–Crippen MR) is 114 cm³/mol. The maximum absolute atomic E-state index is 2.27. The van der Waals surface area contributed by atoms with Crippen LogP contribution in [-0.2, 0) is 0 Å². The zero-order valence-corrected chi connectivity index (χ0v) is 14.4. The molecule has 122 valence electrons. The molecule has 0 aromatic heterocycles. The van der Waals surface area contributed by atoms with Gasteiger partial charge in [0, 0.05) is 0 Å². The van der Waals surface area contributed by atoms with Crippen LogP contribution in [0.25, 0.3) is 44.5 Å². The highest BCUT2D eigenvalue weighted by molar-refractivity contribution is 6.08. The van der Waals surface area contributed by atoms with Crippen molar-refractivity contribution in [2.75, 3.05) is 0 Å². The van der Waals surface area contributed by atoms with Crippen molar-refractivity contribution < 1.29 is 0 Å². The molecule has 26 heavy (non-hydrogen) atoms. The normalized spacial score (nSPS) is 11.7. The first kappa shape index (κ1) is 14.9. The highest BCUT2D eigenvalue weighted by atomic mass is 14.1. The molecule has 0 spiro atoms. The van der Waals surface area contributed by atoms with Crippen LogP contribution in [0.4, 0.5) is 0 Å². The summed E-state index contributed by atoms with van der Waals surface area (Å²) >= 11 is 0. The molecule has 0 aliphatic carbocycles. The third kappa shape index (κ3) is 2.57. The minimum absolute atomic E-state index is 1.22. The molecule has 0 heteroatoms. The van der Waals surface area contributed by atoms with E-state index in [1.807, 2.05) is 0 Å². The van der Waals surface area contributed by atoms with Crippen molar-refractivity contribution in [3.63, 3.8) is 0 Å². The van der Waals surface area contributed by atoms with Gasteiger partial charge in [-0.25, -0.2) is 0 Å². The Balaban J connectivity index is 1.59. The quantitative estimate of drug-likeness (QED) is 0.235. The summed E-state index contributed by atoms with van der Waals surface area (Å²) in [6.07, 6.45) is 4.42. The number of hydrogen-bond acceptors (Lipinski definition) is 0. The minimum atomic E-state index is 1.22. The Kier molecular flexibility index (Phi) is 3.54. The van der Waals surface area contributed by atoms with Gasteiger partial charge in [-0.05, 0) is 49.5 Å². The maximum atomic E-state index is 2.27. The van der Waals surface area contributed by atoms with E-state index in [2.05, 4.69) is 109 Å². The summed E-state index contributed by atoms with van der Waals surface area (Å²) in [6, 6.07) is 34.7. The summed E-state index contributed by atoms with van der Waals surface area (Å²) in [5.41, 5.74) is 2.47. The summed E-state index contributed by atoms with van der Waals surface area (Å²) in [7, 11) is 0. The SMILES string of the molecule is C(=C\c1cccc2ccccc12)/c1ccc2c(ccc3ccccc32)c1. The molecule has 0 aliphatic rings. The number of fused-ring (bicyclic) bond motifs is 4. The Labute approximate surface area is 153 Å². The van der Waals surface area contributed by atoms with Crippen molar-refractivity contribution in [1.29, 1.82) is 0 Å². The van der Waals surface area contributed by atoms with Crippen LogP contribution >= 0.6 is 0 Å². The fraction of sp³-hybridized carbons (Fsp3) is 0. The van der Waals surface area contributed by atoms with Gasteiger partial charge in [-0.15, -0.1) is 0 Å². The lowest BCUT2D eigenvalue weighted by Crippen LogP contribution is -1.80. The molecule has 0 heterocycles. The van der Waals surface area contributed by atoms with Gasteiger partial charge in [0.2, 0.25) is 0 Å². The van der Waals surface area contributed by atoms with Crippen molar-refractivity contribution in [1.82, 2.24) is 0 Å². The zero-order chi connectivity index (χ0) is 17.3. The summed E-state index contributed by atoms with van der Waals surface area (Å²) in [4.78, 5) is 0. The maximum Gasteiger partial charge on any atom is -0.0105 e. The lowest BCUT2D eigenvalue weighted by molar-refractivity contribution is 1.70. The van der Waals surface area contributed by atoms with E-state index in [1.54, 1.807) is 0 Å².